The van der Waals surface area contributed by atoms with E-state index in [4.69, 9.17) is 15.2 Å². The molecule has 2 rings (SSSR count). The van der Waals surface area contributed by atoms with Gasteiger partial charge in [0.2, 0.25) is 5.91 Å². The predicted octanol–water partition coefficient (Wildman–Crippen LogP) is -0.0124. The van der Waals surface area contributed by atoms with E-state index in [-0.39, 0.29) is 24.0 Å². The number of methoxy groups -OCH3 is 1. The first-order chi connectivity index (χ1) is 8.20. The molecule has 2 N–H and O–H groups in total. The molecule has 17 heavy (non-hydrogen) atoms. The number of amides is 1. The minimum absolute atomic E-state index is 0.0211. The summed E-state index contributed by atoms with van der Waals surface area (Å²) in [4.78, 5) is 14.2. The van der Waals surface area contributed by atoms with Crippen LogP contribution in [-0.2, 0) is 14.3 Å². The average molecular weight is 242 g/mol. The number of carbonyl (C=O) groups excluding carboxylic acids is 1. The maximum Gasteiger partial charge on any atom is 0.225 e. The van der Waals surface area contributed by atoms with E-state index in [0.717, 1.165) is 19.3 Å². The van der Waals surface area contributed by atoms with Gasteiger partial charge in [-0.25, -0.2) is 0 Å². The summed E-state index contributed by atoms with van der Waals surface area (Å²) in [6, 6.07) is 0.208. The van der Waals surface area contributed by atoms with Gasteiger partial charge in [0.25, 0.3) is 0 Å². The van der Waals surface area contributed by atoms with Gasteiger partial charge in [-0.15, -0.1) is 0 Å². The SMILES string of the molecule is COCC1CN(C(=O)C2CCC(N)C2)CCO1. The molecule has 98 valence electrons. The van der Waals surface area contributed by atoms with E-state index in [2.05, 4.69) is 0 Å². The third kappa shape index (κ3) is 3.18. The second-order valence-electron chi connectivity index (χ2n) is 5.00. The van der Waals surface area contributed by atoms with Gasteiger partial charge in [-0.3, -0.25) is 4.79 Å². The smallest absolute Gasteiger partial charge is 0.225 e. The van der Waals surface area contributed by atoms with E-state index < -0.39 is 0 Å². The standard InChI is InChI=1S/C12H22N2O3/c1-16-8-11-7-14(4-5-17-11)12(15)9-2-3-10(13)6-9/h9-11H,2-8,13H2,1H3. The Kier molecular flexibility index (Phi) is 4.36. The van der Waals surface area contributed by atoms with Gasteiger partial charge in [-0.1, -0.05) is 0 Å². The predicted molar refractivity (Wildman–Crippen MR) is 63.5 cm³/mol. The summed E-state index contributed by atoms with van der Waals surface area (Å²) in [5, 5.41) is 0. The minimum atomic E-state index is 0.0211. The molecule has 0 aromatic carbocycles. The minimum Gasteiger partial charge on any atom is -0.382 e. The fraction of sp³-hybridized carbons (Fsp3) is 0.917. The first-order valence-electron chi connectivity index (χ1n) is 6.35. The second kappa shape index (κ2) is 5.80. The van der Waals surface area contributed by atoms with E-state index in [9.17, 15) is 4.79 Å². The third-order valence-corrected chi connectivity index (χ3v) is 3.63. The van der Waals surface area contributed by atoms with Crippen molar-refractivity contribution in [1.82, 2.24) is 4.90 Å². The molecule has 0 bridgehead atoms. The molecule has 2 aliphatic rings. The van der Waals surface area contributed by atoms with E-state index in [0.29, 0.717) is 26.3 Å². The summed E-state index contributed by atoms with van der Waals surface area (Å²) in [6.45, 7) is 2.51. The van der Waals surface area contributed by atoms with Crippen LogP contribution in [0.2, 0.25) is 0 Å². The molecule has 1 amide bonds. The molecule has 0 aromatic heterocycles. The summed E-state index contributed by atoms with van der Waals surface area (Å²) < 4.78 is 10.6. The lowest BCUT2D eigenvalue weighted by Crippen LogP contribution is -2.48. The molecule has 1 saturated heterocycles. The number of hydrogen-bond acceptors (Lipinski definition) is 4. The van der Waals surface area contributed by atoms with Crippen LogP contribution in [0.5, 0.6) is 0 Å². The van der Waals surface area contributed by atoms with Gasteiger partial charge in [0.15, 0.2) is 0 Å². The quantitative estimate of drug-likeness (QED) is 0.756. The van der Waals surface area contributed by atoms with Crippen LogP contribution < -0.4 is 5.73 Å². The zero-order chi connectivity index (χ0) is 12.3. The number of rotatable bonds is 3. The molecule has 0 spiro atoms. The van der Waals surface area contributed by atoms with Crippen LogP contribution in [0.3, 0.4) is 0 Å². The molecule has 1 aliphatic heterocycles. The first-order valence-corrected chi connectivity index (χ1v) is 6.35. The highest BCUT2D eigenvalue weighted by molar-refractivity contribution is 5.79. The van der Waals surface area contributed by atoms with Crippen LogP contribution in [0, 0.1) is 5.92 Å². The van der Waals surface area contributed by atoms with E-state index in [1.165, 1.54) is 0 Å². The topological polar surface area (TPSA) is 64.8 Å². The Hall–Kier alpha value is -0.650. The van der Waals surface area contributed by atoms with Gasteiger partial charge >= 0.3 is 0 Å². The molecule has 0 radical (unpaired) electrons. The van der Waals surface area contributed by atoms with Gasteiger partial charge in [0, 0.05) is 32.2 Å². The van der Waals surface area contributed by atoms with Crippen molar-refractivity contribution in [2.75, 3.05) is 33.4 Å². The lowest BCUT2D eigenvalue weighted by atomic mass is 10.1. The maximum atomic E-state index is 12.3. The zero-order valence-corrected chi connectivity index (χ0v) is 10.4. The van der Waals surface area contributed by atoms with Gasteiger partial charge < -0.3 is 20.1 Å². The van der Waals surface area contributed by atoms with Crippen LogP contribution >= 0.6 is 0 Å². The number of nitrogens with two attached hydrogens (primary N) is 1. The van der Waals surface area contributed by atoms with Crippen LogP contribution in [0.25, 0.3) is 0 Å². The monoisotopic (exact) mass is 242 g/mol. The molecule has 5 nitrogen and oxygen atoms in total. The van der Waals surface area contributed by atoms with Crippen molar-refractivity contribution in [3.8, 4) is 0 Å². The molecule has 3 unspecified atom stereocenters. The summed E-state index contributed by atoms with van der Waals surface area (Å²) in [5.41, 5.74) is 5.85. The highest BCUT2D eigenvalue weighted by atomic mass is 16.5. The second-order valence-corrected chi connectivity index (χ2v) is 5.00. The highest BCUT2D eigenvalue weighted by Gasteiger charge is 2.33. The third-order valence-electron chi connectivity index (χ3n) is 3.63. The van der Waals surface area contributed by atoms with Gasteiger partial charge in [0.1, 0.15) is 0 Å². The molecular weight excluding hydrogens is 220 g/mol. The van der Waals surface area contributed by atoms with Crippen LogP contribution in [0.1, 0.15) is 19.3 Å². The van der Waals surface area contributed by atoms with Crippen molar-refractivity contribution in [3.05, 3.63) is 0 Å². The normalized spacial score (nSPS) is 34.0. The van der Waals surface area contributed by atoms with Crippen molar-refractivity contribution in [2.24, 2.45) is 11.7 Å². The Bertz CT molecular complexity index is 270. The Morgan fingerprint density at radius 2 is 2.35 bits per heavy atom. The van der Waals surface area contributed by atoms with E-state index >= 15 is 0 Å². The molecule has 2 fully saturated rings. The Labute approximate surface area is 102 Å². The number of ether oxygens (including phenoxy) is 2. The van der Waals surface area contributed by atoms with Gasteiger partial charge in [-0.2, -0.15) is 0 Å². The highest BCUT2D eigenvalue weighted by Crippen LogP contribution is 2.26. The van der Waals surface area contributed by atoms with Crippen molar-refractivity contribution < 1.29 is 14.3 Å². The summed E-state index contributed by atoms with van der Waals surface area (Å²) >= 11 is 0. The lowest BCUT2D eigenvalue weighted by Gasteiger charge is -2.34. The lowest BCUT2D eigenvalue weighted by molar-refractivity contribution is -0.144. The zero-order valence-electron chi connectivity index (χ0n) is 10.4. The largest absolute Gasteiger partial charge is 0.382 e. The number of hydrogen-bond donors (Lipinski definition) is 1. The summed E-state index contributed by atoms with van der Waals surface area (Å²) in [5.74, 6) is 0.383. The Balaban J connectivity index is 1.86. The maximum absolute atomic E-state index is 12.3. The Morgan fingerprint density at radius 3 is 3.00 bits per heavy atom. The number of morpholine rings is 1. The Morgan fingerprint density at radius 1 is 1.53 bits per heavy atom. The van der Waals surface area contributed by atoms with E-state index in [1.807, 2.05) is 4.90 Å². The summed E-state index contributed by atoms with van der Waals surface area (Å²) in [6.07, 6.45) is 2.77. The van der Waals surface area contributed by atoms with Crippen LogP contribution in [-0.4, -0.2) is 56.4 Å². The van der Waals surface area contributed by atoms with Gasteiger partial charge in [-0.05, 0) is 19.3 Å². The van der Waals surface area contributed by atoms with Crippen molar-refractivity contribution in [2.45, 2.75) is 31.4 Å². The fourth-order valence-electron chi connectivity index (χ4n) is 2.71. The number of carbonyl (C=O) groups is 1. The first kappa shape index (κ1) is 12.8. The molecule has 3 atom stereocenters. The molecule has 5 heteroatoms. The molecule has 1 saturated carbocycles. The van der Waals surface area contributed by atoms with E-state index in [1.54, 1.807) is 7.11 Å². The van der Waals surface area contributed by atoms with Crippen LogP contribution in [0.15, 0.2) is 0 Å². The average Bonchev–Trinajstić information content (AvgIpc) is 2.76. The van der Waals surface area contributed by atoms with Gasteiger partial charge in [0.05, 0.1) is 19.3 Å². The molecule has 1 heterocycles. The molecule has 1 aliphatic carbocycles. The summed E-state index contributed by atoms with van der Waals surface area (Å²) in [7, 11) is 1.65. The van der Waals surface area contributed by atoms with Crippen LogP contribution in [0.4, 0.5) is 0 Å². The molecule has 0 aromatic rings. The molecular formula is C12H22N2O3. The fourth-order valence-corrected chi connectivity index (χ4v) is 2.71. The van der Waals surface area contributed by atoms with Crippen molar-refractivity contribution >= 4 is 5.91 Å². The van der Waals surface area contributed by atoms with Crippen molar-refractivity contribution in [1.29, 1.82) is 0 Å². The number of nitrogens with zero attached hydrogens (tertiary/aromatic N) is 1. The van der Waals surface area contributed by atoms with Crippen molar-refractivity contribution in [3.63, 3.8) is 0 Å².